The van der Waals surface area contributed by atoms with Crippen molar-refractivity contribution in [1.82, 2.24) is 0 Å². The number of anilines is 1. The molecule has 0 radical (unpaired) electrons. The summed E-state index contributed by atoms with van der Waals surface area (Å²) in [4.78, 5) is 26.0. The van der Waals surface area contributed by atoms with Crippen LogP contribution in [-0.2, 0) is 14.3 Å². The molecule has 2 aliphatic heterocycles. The lowest BCUT2D eigenvalue weighted by Gasteiger charge is -2.28. The van der Waals surface area contributed by atoms with E-state index in [9.17, 15) is 9.59 Å². The van der Waals surface area contributed by atoms with Crippen LogP contribution in [0.15, 0.2) is 59.2 Å². The Balaban J connectivity index is 1.23. The molecule has 1 unspecified atom stereocenters. The topological polar surface area (TPSA) is 68.2 Å². The summed E-state index contributed by atoms with van der Waals surface area (Å²) in [5.74, 6) is -0.295. The summed E-state index contributed by atoms with van der Waals surface area (Å²) in [6, 6.07) is 14.5. The number of esters is 1. The second-order valence-corrected chi connectivity index (χ2v) is 11.2. The number of rotatable bonds is 4. The lowest BCUT2D eigenvalue weighted by molar-refractivity contribution is -0.144. The van der Waals surface area contributed by atoms with E-state index in [4.69, 9.17) is 21.1 Å². The van der Waals surface area contributed by atoms with Gasteiger partial charge < -0.3 is 9.47 Å². The van der Waals surface area contributed by atoms with Crippen molar-refractivity contribution in [2.45, 2.75) is 77.2 Å². The van der Waals surface area contributed by atoms with Crippen LogP contribution in [-0.4, -0.2) is 30.3 Å². The molecular formula is C31H35ClN2O4. The summed E-state index contributed by atoms with van der Waals surface area (Å²) in [5, 5.41) is 6.11. The zero-order chi connectivity index (χ0) is 26.5. The maximum atomic E-state index is 13.0. The van der Waals surface area contributed by atoms with Gasteiger partial charge in [-0.3, -0.25) is 4.79 Å². The van der Waals surface area contributed by atoms with Crippen LogP contribution in [0.2, 0.25) is 5.02 Å². The maximum absolute atomic E-state index is 13.0. The van der Waals surface area contributed by atoms with Crippen LogP contribution in [0.25, 0.3) is 6.08 Å². The largest absolute Gasteiger partial charge is 0.423 e. The first kappa shape index (κ1) is 26.6. The number of para-hydroxylation sites is 1. The Kier molecular flexibility index (Phi) is 8.29. The third kappa shape index (κ3) is 6.02. The third-order valence-corrected chi connectivity index (χ3v) is 8.22. The molecule has 2 aromatic carbocycles. The molecule has 0 N–H and O–H groups in total. The van der Waals surface area contributed by atoms with Crippen molar-refractivity contribution in [3.8, 4) is 5.75 Å². The molecule has 200 valence electrons. The molecule has 0 aromatic heterocycles. The number of carbonyl (C=O) groups excluding carboxylic acids is 2. The van der Waals surface area contributed by atoms with Crippen LogP contribution in [0.4, 0.5) is 5.69 Å². The van der Waals surface area contributed by atoms with Crippen molar-refractivity contribution in [1.29, 1.82) is 0 Å². The number of hydrazone groups is 1. The van der Waals surface area contributed by atoms with Crippen LogP contribution in [0.1, 0.15) is 76.7 Å². The van der Waals surface area contributed by atoms with Crippen LogP contribution in [0.3, 0.4) is 0 Å². The Morgan fingerprint density at radius 1 is 1.05 bits per heavy atom. The molecule has 7 heteroatoms. The summed E-state index contributed by atoms with van der Waals surface area (Å²) >= 11 is 6.51. The van der Waals surface area contributed by atoms with Crippen LogP contribution < -0.4 is 9.75 Å². The number of nitrogens with zero attached hydrogens (tertiary/aromatic N) is 2. The van der Waals surface area contributed by atoms with Gasteiger partial charge in [-0.15, -0.1) is 0 Å². The maximum Gasteiger partial charge on any atom is 0.340 e. The zero-order valence-electron chi connectivity index (χ0n) is 22.0. The van der Waals surface area contributed by atoms with Crippen molar-refractivity contribution in [3.63, 3.8) is 0 Å². The van der Waals surface area contributed by atoms with Gasteiger partial charge in [-0.25, -0.2) is 4.79 Å². The van der Waals surface area contributed by atoms with Crippen molar-refractivity contribution < 1.29 is 19.1 Å². The second kappa shape index (κ2) is 11.8. The van der Waals surface area contributed by atoms with Gasteiger partial charge >= 0.3 is 5.97 Å². The van der Waals surface area contributed by atoms with Gasteiger partial charge in [-0.1, -0.05) is 80.8 Å². The number of hydrogen-bond acceptors (Lipinski definition) is 5. The van der Waals surface area contributed by atoms with E-state index in [1.165, 1.54) is 50.0 Å². The Morgan fingerprint density at radius 2 is 1.74 bits per heavy atom. The zero-order valence-corrected chi connectivity index (χ0v) is 22.7. The lowest BCUT2D eigenvalue weighted by atomic mass is 9.75. The van der Waals surface area contributed by atoms with Crippen molar-refractivity contribution >= 4 is 41.0 Å². The minimum Gasteiger partial charge on any atom is -0.423 e. The van der Waals surface area contributed by atoms with Crippen LogP contribution >= 0.6 is 11.6 Å². The van der Waals surface area contributed by atoms with E-state index in [-0.39, 0.29) is 17.3 Å². The van der Waals surface area contributed by atoms with Gasteiger partial charge in [0.15, 0.2) is 6.10 Å². The Hall–Kier alpha value is -2.96. The van der Waals surface area contributed by atoms with Gasteiger partial charge in [0.25, 0.3) is 5.91 Å². The molecule has 1 saturated carbocycles. The summed E-state index contributed by atoms with van der Waals surface area (Å²) in [6.07, 6.45) is 13.0. The van der Waals surface area contributed by atoms with E-state index in [1.807, 2.05) is 30.3 Å². The predicted molar refractivity (Wildman–Crippen MR) is 150 cm³/mol. The van der Waals surface area contributed by atoms with E-state index in [0.29, 0.717) is 40.8 Å². The first-order chi connectivity index (χ1) is 18.4. The van der Waals surface area contributed by atoms with Gasteiger partial charge in [0.2, 0.25) is 0 Å². The summed E-state index contributed by atoms with van der Waals surface area (Å²) in [5.41, 5.74) is 2.63. The predicted octanol–water partition coefficient (Wildman–Crippen LogP) is 7.35. The fourth-order valence-corrected chi connectivity index (χ4v) is 5.98. The first-order valence-electron chi connectivity index (χ1n) is 13.7. The molecule has 3 aliphatic rings. The third-order valence-electron chi connectivity index (χ3n) is 7.93. The van der Waals surface area contributed by atoms with Gasteiger partial charge in [0, 0.05) is 0 Å². The van der Waals surface area contributed by atoms with Crippen molar-refractivity contribution in [2.24, 2.45) is 10.5 Å². The van der Waals surface area contributed by atoms with E-state index >= 15 is 0 Å². The van der Waals surface area contributed by atoms with Crippen molar-refractivity contribution in [3.05, 3.63) is 64.7 Å². The number of hydrogen-bond donors (Lipinski definition) is 0. The fourth-order valence-electron chi connectivity index (χ4n) is 5.76. The Labute approximate surface area is 229 Å². The average Bonchev–Trinajstić information content (AvgIpc) is 3.47. The highest BCUT2D eigenvalue weighted by Gasteiger charge is 2.43. The molecule has 0 bridgehead atoms. The summed E-state index contributed by atoms with van der Waals surface area (Å²) < 4.78 is 11.7. The highest BCUT2D eigenvalue weighted by atomic mass is 35.5. The van der Waals surface area contributed by atoms with Crippen molar-refractivity contribution in [2.75, 3.05) is 11.6 Å². The smallest absolute Gasteiger partial charge is 0.340 e. The van der Waals surface area contributed by atoms with Crippen LogP contribution in [0.5, 0.6) is 5.75 Å². The molecule has 6 nitrogen and oxygen atoms in total. The quantitative estimate of drug-likeness (QED) is 0.233. The monoisotopic (exact) mass is 534 g/mol. The molecule has 1 spiro atoms. The average molecular weight is 535 g/mol. The number of halogens is 1. The highest BCUT2D eigenvalue weighted by Crippen LogP contribution is 2.43. The van der Waals surface area contributed by atoms with E-state index in [1.54, 1.807) is 31.2 Å². The van der Waals surface area contributed by atoms with E-state index in [0.717, 1.165) is 18.4 Å². The van der Waals surface area contributed by atoms with Gasteiger partial charge in [0.05, 0.1) is 28.6 Å². The highest BCUT2D eigenvalue weighted by molar-refractivity contribution is 6.33. The standard InChI is InChI=1S/C31H35ClN2O4/c1-22-25(29(35)34(33-22)24-12-8-7-9-13-24)18-23-14-15-27(26(32)19-23)38-30(36)28-20-31(21-37-28)16-10-5-3-2-4-6-11-17-31/h7-9,12-15,18-19,28H,2-6,10-11,16-17,20-21H2,1H3/b25-18+. The molecule has 1 saturated heterocycles. The summed E-state index contributed by atoms with van der Waals surface area (Å²) in [7, 11) is 0. The lowest BCUT2D eigenvalue weighted by Crippen LogP contribution is -2.27. The Morgan fingerprint density at radius 3 is 2.42 bits per heavy atom. The van der Waals surface area contributed by atoms with E-state index < -0.39 is 6.10 Å². The minimum absolute atomic E-state index is 0.0850. The number of carbonyl (C=O) groups is 2. The van der Waals surface area contributed by atoms with Gasteiger partial charge in [-0.05, 0) is 67.5 Å². The molecule has 38 heavy (non-hydrogen) atoms. The molecule has 1 atom stereocenters. The van der Waals surface area contributed by atoms with Gasteiger partial charge in [0.1, 0.15) is 5.75 Å². The second-order valence-electron chi connectivity index (χ2n) is 10.8. The normalized spacial score (nSPS) is 23.1. The Bertz CT molecular complexity index is 1230. The molecule has 2 heterocycles. The molecule has 2 fully saturated rings. The SMILES string of the molecule is CC1=NN(c2ccccc2)C(=O)/C1=C/c1ccc(OC(=O)C2CC3(CCCCCCCCC3)CO2)c(Cl)c1. The number of benzene rings is 2. The number of ether oxygens (including phenoxy) is 2. The summed E-state index contributed by atoms with van der Waals surface area (Å²) in [6.45, 7) is 2.43. The van der Waals surface area contributed by atoms with Crippen LogP contribution in [0, 0.1) is 5.41 Å². The molecule has 1 amide bonds. The molecule has 2 aromatic rings. The first-order valence-corrected chi connectivity index (χ1v) is 14.1. The minimum atomic E-state index is -0.560. The van der Waals surface area contributed by atoms with Gasteiger partial charge in [-0.2, -0.15) is 10.1 Å². The van der Waals surface area contributed by atoms with E-state index in [2.05, 4.69) is 5.10 Å². The molecular weight excluding hydrogens is 500 g/mol. The fraction of sp³-hybridized carbons (Fsp3) is 0.452. The number of amides is 1. The molecule has 5 rings (SSSR count). The molecule has 1 aliphatic carbocycles.